The van der Waals surface area contributed by atoms with Gasteiger partial charge in [0.05, 0.1) is 24.7 Å². The van der Waals surface area contributed by atoms with E-state index >= 15 is 0 Å². The summed E-state index contributed by atoms with van der Waals surface area (Å²) in [4.78, 5) is 6.60. The number of benzene rings is 1. The second kappa shape index (κ2) is 8.15. The van der Waals surface area contributed by atoms with Crippen LogP contribution in [0.3, 0.4) is 0 Å². The Labute approximate surface area is 197 Å². The van der Waals surface area contributed by atoms with Crippen molar-refractivity contribution in [3.63, 3.8) is 0 Å². The molecule has 2 aliphatic rings. The van der Waals surface area contributed by atoms with E-state index in [-0.39, 0.29) is 30.7 Å². The Morgan fingerprint density at radius 3 is 2.59 bits per heavy atom. The smallest absolute Gasteiger partial charge is 0.316 e. The summed E-state index contributed by atoms with van der Waals surface area (Å²) in [6.07, 6.45) is 3.08. The average molecular weight is 472 g/mol. The lowest BCUT2D eigenvalue weighted by atomic mass is 9.84. The molecule has 2 aromatic heterocycles. The van der Waals surface area contributed by atoms with Gasteiger partial charge < -0.3 is 19.7 Å². The topological polar surface area (TPSA) is 87.3 Å². The number of alkyl halides is 2. The van der Waals surface area contributed by atoms with Gasteiger partial charge in [0.1, 0.15) is 5.69 Å². The number of pyridine rings is 1. The van der Waals surface area contributed by atoms with Gasteiger partial charge in [0, 0.05) is 17.1 Å². The first kappa shape index (κ1) is 23.0. The minimum absolute atomic E-state index is 0.100. The largest absolute Gasteiger partial charge is 0.402 e. The van der Waals surface area contributed by atoms with E-state index in [2.05, 4.69) is 36.3 Å². The molecule has 1 saturated carbocycles. The van der Waals surface area contributed by atoms with Gasteiger partial charge in [-0.1, -0.05) is 25.9 Å². The van der Waals surface area contributed by atoms with Gasteiger partial charge in [-0.25, -0.2) is 13.8 Å². The second-order valence-corrected chi connectivity index (χ2v) is 10.7. The van der Waals surface area contributed by atoms with Crippen LogP contribution in [0.2, 0.25) is 0 Å². The number of fused-ring (bicyclic) bond motifs is 1. The summed E-state index contributed by atoms with van der Waals surface area (Å²) in [7, 11) is 0. The Balaban J connectivity index is 1.49. The molecule has 1 saturated heterocycles. The maximum atomic E-state index is 13.5. The van der Waals surface area contributed by atoms with Crippen molar-refractivity contribution in [2.75, 3.05) is 23.3 Å². The molecule has 0 spiro atoms. The molecule has 1 unspecified atom stereocenters. The molecular weight excluding hydrogens is 440 g/mol. The number of aliphatic hydroxyl groups excluding tert-OH is 1. The average Bonchev–Trinajstić information content (AvgIpc) is 3.19. The highest BCUT2D eigenvalue weighted by atomic mass is 19.3. The first-order chi connectivity index (χ1) is 16.0. The molecule has 3 heterocycles. The third-order valence-corrected chi connectivity index (χ3v) is 6.74. The number of aryl methyl sites for hydroxylation is 1. The van der Waals surface area contributed by atoms with Crippen molar-refractivity contribution in [2.24, 2.45) is 0 Å². The molecule has 9 heteroatoms. The molecule has 0 radical (unpaired) electrons. The van der Waals surface area contributed by atoms with Crippen LogP contribution in [0.15, 0.2) is 22.6 Å². The highest BCUT2D eigenvalue weighted by molar-refractivity contribution is 5.91. The predicted molar refractivity (Wildman–Crippen MR) is 128 cm³/mol. The van der Waals surface area contributed by atoms with Crippen LogP contribution in [-0.4, -0.2) is 51.4 Å². The number of nitrogens with zero attached hydrogens (tertiary/aromatic N) is 4. The molecule has 0 amide bonds. The number of hydrogen-bond acceptors (Lipinski definition) is 7. The summed E-state index contributed by atoms with van der Waals surface area (Å²) < 4.78 is 32.9. The molecule has 1 aromatic carbocycles. The summed E-state index contributed by atoms with van der Waals surface area (Å²) in [5, 5.41) is 22.4. The monoisotopic (exact) mass is 471 g/mol. The molecular formula is C25H31F2N5O2. The Morgan fingerprint density at radius 1 is 1.15 bits per heavy atom. The highest BCUT2D eigenvalue weighted by Gasteiger charge is 2.44. The third kappa shape index (κ3) is 4.45. The SMILES string of the molecule is Cc1cc(-c2nnc(NC3CCC[C@H](O)C3)o2)nc2c(C(C)(C)C)cc(N3CC(F)(F)C3)cc12. The molecule has 182 valence electrons. The number of aliphatic hydroxyl groups is 1. The van der Waals surface area contributed by atoms with Gasteiger partial charge >= 0.3 is 6.01 Å². The molecule has 34 heavy (non-hydrogen) atoms. The van der Waals surface area contributed by atoms with Gasteiger partial charge in [-0.05, 0) is 67.3 Å². The number of anilines is 2. The summed E-state index contributed by atoms with van der Waals surface area (Å²) >= 11 is 0. The first-order valence-electron chi connectivity index (χ1n) is 11.9. The number of nitrogens with one attached hydrogen (secondary N) is 1. The van der Waals surface area contributed by atoms with Gasteiger partial charge in [-0.15, -0.1) is 5.10 Å². The summed E-state index contributed by atoms with van der Waals surface area (Å²) in [5.74, 6) is -2.32. The summed E-state index contributed by atoms with van der Waals surface area (Å²) in [5.41, 5.74) is 3.87. The zero-order chi connectivity index (χ0) is 24.3. The molecule has 1 aliphatic heterocycles. The fourth-order valence-electron chi connectivity index (χ4n) is 4.89. The van der Waals surface area contributed by atoms with Crippen molar-refractivity contribution in [2.45, 2.75) is 76.9 Å². The minimum Gasteiger partial charge on any atom is -0.402 e. The lowest BCUT2D eigenvalue weighted by Gasteiger charge is -2.41. The molecule has 2 N–H and O–H groups in total. The Morgan fingerprint density at radius 2 is 1.91 bits per heavy atom. The Bertz CT molecular complexity index is 1210. The van der Waals surface area contributed by atoms with E-state index in [1.165, 1.54) is 0 Å². The molecule has 3 aromatic rings. The van der Waals surface area contributed by atoms with E-state index in [4.69, 9.17) is 9.40 Å². The van der Waals surface area contributed by atoms with Gasteiger partial charge in [0.25, 0.3) is 11.8 Å². The van der Waals surface area contributed by atoms with Crippen molar-refractivity contribution in [1.82, 2.24) is 15.2 Å². The first-order valence-corrected chi connectivity index (χ1v) is 11.9. The van der Waals surface area contributed by atoms with Gasteiger partial charge in [-0.2, -0.15) is 0 Å². The van der Waals surface area contributed by atoms with E-state index in [1.54, 1.807) is 4.90 Å². The van der Waals surface area contributed by atoms with E-state index in [1.807, 2.05) is 25.1 Å². The highest BCUT2D eigenvalue weighted by Crippen LogP contribution is 2.39. The Kier molecular flexibility index (Phi) is 5.50. The van der Waals surface area contributed by atoms with Crippen molar-refractivity contribution in [3.05, 3.63) is 29.3 Å². The quantitative estimate of drug-likeness (QED) is 0.550. The summed E-state index contributed by atoms with van der Waals surface area (Å²) in [6.45, 7) is 7.73. The van der Waals surface area contributed by atoms with Crippen LogP contribution < -0.4 is 10.2 Å². The molecule has 2 fully saturated rings. The normalized spacial score (nSPS) is 22.6. The van der Waals surface area contributed by atoms with E-state index in [0.717, 1.165) is 47.0 Å². The van der Waals surface area contributed by atoms with Crippen molar-refractivity contribution in [1.29, 1.82) is 0 Å². The fraction of sp³-hybridized carbons (Fsp3) is 0.560. The lowest BCUT2D eigenvalue weighted by Crippen LogP contribution is -2.56. The zero-order valence-electron chi connectivity index (χ0n) is 20.0. The maximum Gasteiger partial charge on any atom is 0.316 e. The third-order valence-electron chi connectivity index (χ3n) is 6.74. The standard InChI is InChI=1S/C25H31F2N5O2/c1-14-8-20(22-30-31-23(34-22)28-15-6-5-7-17(33)9-15)29-21-18(14)10-16(11-19(21)24(2,3)4)32-12-25(26,27)13-32/h8,10-11,15,17,33H,5-7,9,12-13H2,1-4H3,(H,28,31)/t15?,17-/m0/s1. The van der Waals surface area contributed by atoms with Crippen LogP contribution in [0.4, 0.5) is 20.5 Å². The fourth-order valence-corrected chi connectivity index (χ4v) is 4.89. The Hall–Kier alpha value is -2.81. The second-order valence-electron chi connectivity index (χ2n) is 10.7. The van der Waals surface area contributed by atoms with Crippen molar-refractivity contribution >= 4 is 22.6 Å². The van der Waals surface area contributed by atoms with E-state index in [0.29, 0.717) is 24.0 Å². The minimum atomic E-state index is -2.63. The van der Waals surface area contributed by atoms with E-state index in [9.17, 15) is 13.9 Å². The number of aromatic nitrogens is 3. The van der Waals surface area contributed by atoms with E-state index < -0.39 is 5.92 Å². The maximum absolute atomic E-state index is 13.5. The molecule has 0 bridgehead atoms. The van der Waals surface area contributed by atoms with Gasteiger partial charge in [0.2, 0.25) is 0 Å². The van der Waals surface area contributed by atoms with Crippen LogP contribution >= 0.6 is 0 Å². The lowest BCUT2D eigenvalue weighted by molar-refractivity contribution is -0.0262. The number of rotatable bonds is 4. The van der Waals surface area contributed by atoms with Crippen LogP contribution in [0.25, 0.3) is 22.5 Å². The number of hydrogen-bond donors (Lipinski definition) is 2. The number of halogens is 2. The molecule has 2 atom stereocenters. The van der Waals surface area contributed by atoms with Crippen molar-refractivity contribution in [3.8, 4) is 11.6 Å². The predicted octanol–water partition coefficient (Wildman–Crippen LogP) is 5.06. The molecule has 1 aliphatic carbocycles. The molecule has 7 nitrogen and oxygen atoms in total. The van der Waals surface area contributed by atoms with Crippen LogP contribution in [0, 0.1) is 6.92 Å². The zero-order valence-corrected chi connectivity index (χ0v) is 20.0. The van der Waals surface area contributed by atoms with Crippen LogP contribution in [-0.2, 0) is 5.41 Å². The van der Waals surface area contributed by atoms with Gasteiger partial charge in [0.15, 0.2) is 0 Å². The summed E-state index contributed by atoms with van der Waals surface area (Å²) in [6, 6.07) is 6.23. The van der Waals surface area contributed by atoms with Gasteiger partial charge in [-0.3, -0.25) is 0 Å². The van der Waals surface area contributed by atoms with Crippen molar-refractivity contribution < 1.29 is 18.3 Å². The molecule has 5 rings (SSSR count). The van der Waals surface area contributed by atoms with Crippen LogP contribution in [0.5, 0.6) is 0 Å². The van der Waals surface area contributed by atoms with Crippen LogP contribution in [0.1, 0.15) is 57.6 Å².